The Morgan fingerprint density at radius 3 is 1.16 bits per heavy atom. The summed E-state index contributed by atoms with van der Waals surface area (Å²) in [5.74, 6) is 0. The summed E-state index contributed by atoms with van der Waals surface area (Å²) in [5, 5.41) is 1.55. The third-order valence-electron chi connectivity index (χ3n) is 6.42. The van der Waals surface area contributed by atoms with Crippen LogP contribution in [0.1, 0.15) is 51.4 Å². The van der Waals surface area contributed by atoms with Gasteiger partial charge in [-0.05, 0) is 0 Å². The molecule has 0 aliphatic heterocycles. The van der Waals surface area contributed by atoms with Crippen LogP contribution in [0.4, 0.5) is 0 Å². The molecular weight excluding hydrogens is 461 g/mol. The molecule has 0 saturated carbocycles. The molecule has 0 heterocycles. The third kappa shape index (κ3) is 5.67. The van der Waals surface area contributed by atoms with Crippen molar-refractivity contribution >= 4 is 36.7 Å². The van der Waals surface area contributed by atoms with E-state index in [0.717, 1.165) is 12.7 Å². The fourth-order valence-corrected chi connectivity index (χ4v) is 12.4. The molecule has 0 atom stereocenters. The average Bonchev–Trinajstić information content (AvgIpc) is 2.84. The van der Waals surface area contributed by atoms with Crippen LogP contribution < -0.4 is 21.6 Å². The van der Waals surface area contributed by atoms with E-state index in [0.29, 0.717) is 0 Å². The van der Waals surface area contributed by atoms with Crippen LogP contribution in [0.3, 0.4) is 0 Å². The molecule has 3 rings (SSSR count). The van der Waals surface area contributed by atoms with Crippen molar-refractivity contribution in [3.05, 3.63) is 91.0 Å². The predicted octanol–water partition coefficient (Wildman–Crippen LogP) is 6.91. The quantitative estimate of drug-likeness (QED) is 0.201. The Labute approximate surface area is 197 Å². The van der Waals surface area contributed by atoms with Crippen molar-refractivity contribution in [2.24, 2.45) is 5.73 Å². The molecule has 0 fully saturated rings. The first-order valence-corrected chi connectivity index (χ1v) is 16.2. The zero-order valence-electron chi connectivity index (χ0n) is 18.6. The Hall–Kier alpha value is -1.47. The number of hydrogen-bond acceptors (Lipinski definition) is 1. The molecule has 3 aromatic rings. The zero-order valence-corrected chi connectivity index (χ0v) is 21.1. The topological polar surface area (TPSA) is 26.0 Å². The summed E-state index contributed by atoms with van der Waals surface area (Å²) in [5.41, 5.74) is 5.61. The third-order valence-corrected chi connectivity index (χ3v) is 16.4. The fourth-order valence-electron chi connectivity index (χ4n) is 4.66. The second-order valence-electron chi connectivity index (χ2n) is 8.53. The number of nitrogens with two attached hydrogens (primary N) is 1. The van der Waals surface area contributed by atoms with E-state index in [1.165, 1.54) is 67.3 Å². The number of unbranched alkanes of at least 4 members (excludes halogenated alkanes) is 7. The first-order chi connectivity index (χ1) is 15.2. The number of hydrogen-bond donors (Lipinski definition) is 1. The predicted molar refractivity (Wildman–Crippen MR) is 145 cm³/mol. The normalized spacial score (nSPS) is 12.9. The van der Waals surface area contributed by atoms with Crippen molar-refractivity contribution in [2.45, 2.75) is 51.4 Å². The summed E-state index contributed by atoms with van der Waals surface area (Å²) in [6.07, 6.45) is 11.4. The fraction of sp³-hybridized carbons (Fsp3) is 0.357. The van der Waals surface area contributed by atoms with Crippen LogP contribution in [0.25, 0.3) is 0 Å². The standard InChI is InChI=1S/C28H37BrNP/c29-31(26-18-10-7-11-19-26,27-20-12-8-13-21-27,28-22-14-9-15-23-28)25-17-6-4-2-1-3-5-16-24-30/h7-15,18-23H,1-6,16-17,24-25,30H2. The van der Waals surface area contributed by atoms with Crippen molar-refractivity contribution < 1.29 is 0 Å². The average molecular weight is 498 g/mol. The molecule has 31 heavy (non-hydrogen) atoms. The molecule has 0 bridgehead atoms. The summed E-state index contributed by atoms with van der Waals surface area (Å²) >= 11 is 4.55. The van der Waals surface area contributed by atoms with Gasteiger partial charge in [-0.1, -0.05) is 0 Å². The van der Waals surface area contributed by atoms with Gasteiger partial charge in [0.1, 0.15) is 0 Å². The zero-order chi connectivity index (χ0) is 21.9. The van der Waals surface area contributed by atoms with Gasteiger partial charge in [-0.2, -0.15) is 0 Å². The number of halogens is 1. The molecule has 0 spiro atoms. The molecule has 0 radical (unpaired) electrons. The molecule has 166 valence electrons. The van der Waals surface area contributed by atoms with Gasteiger partial charge in [0.05, 0.1) is 0 Å². The monoisotopic (exact) mass is 497 g/mol. The molecule has 3 heteroatoms. The minimum atomic E-state index is -2.72. The second kappa shape index (κ2) is 12.0. The molecule has 0 aliphatic carbocycles. The molecule has 0 saturated heterocycles. The Balaban J connectivity index is 1.85. The molecule has 1 nitrogen and oxygen atoms in total. The van der Waals surface area contributed by atoms with Crippen molar-refractivity contribution in [3.8, 4) is 0 Å². The summed E-state index contributed by atoms with van der Waals surface area (Å²) in [7, 11) is 0. The van der Waals surface area contributed by atoms with Gasteiger partial charge in [-0.25, -0.2) is 0 Å². The SMILES string of the molecule is NCCCCCCCCCCP(Br)(c1ccccc1)(c1ccccc1)c1ccccc1. The Kier molecular flexibility index (Phi) is 9.32. The van der Waals surface area contributed by atoms with Crippen LogP contribution in [0, 0.1) is 0 Å². The van der Waals surface area contributed by atoms with Gasteiger partial charge < -0.3 is 0 Å². The molecule has 2 N–H and O–H groups in total. The summed E-state index contributed by atoms with van der Waals surface area (Å²) in [6, 6.07) is 33.4. The van der Waals surface area contributed by atoms with Gasteiger partial charge in [0.25, 0.3) is 0 Å². The maximum absolute atomic E-state index is 5.61. The molecular formula is C28H37BrNP. The number of benzene rings is 3. The van der Waals surface area contributed by atoms with E-state index in [9.17, 15) is 0 Å². The summed E-state index contributed by atoms with van der Waals surface area (Å²) in [6.45, 7) is 0.830. The van der Waals surface area contributed by atoms with Crippen molar-refractivity contribution in [1.82, 2.24) is 0 Å². The Bertz CT molecular complexity index is 783. The van der Waals surface area contributed by atoms with E-state index in [1.54, 1.807) is 0 Å². The van der Waals surface area contributed by atoms with Crippen molar-refractivity contribution in [2.75, 3.05) is 12.7 Å². The molecule has 0 aromatic heterocycles. The maximum atomic E-state index is 5.61. The summed E-state index contributed by atoms with van der Waals surface area (Å²) in [4.78, 5) is 0. The van der Waals surface area contributed by atoms with Gasteiger partial charge >= 0.3 is 198 Å². The van der Waals surface area contributed by atoms with E-state index in [1.807, 2.05) is 0 Å². The summed E-state index contributed by atoms with van der Waals surface area (Å²) < 4.78 is 0. The second-order valence-corrected chi connectivity index (χ2v) is 17.6. The minimum absolute atomic E-state index is 0.830. The number of rotatable bonds is 13. The van der Waals surface area contributed by atoms with Crippen LogP contribution in [-0.2, 0) is 0 Å². The van der Waals surface area contributed by atoms with E-state index < -0.39 is 5.31 Å². The Morgan fingerprint density at radius 1 is 0.484 bits per heavy atom. The first-order valence-electron chi connectivity index (χ1n) is 11.8. The molecule has 0 amide bonds. The molecule has 0 unspecified atom stereocenters. The van der Waals surface area contributed by atoms with Gasteiger partial charge in [-0.15, -0.1) is 0 Å². The Morgan fingerprint density at radius 2 is 0.806 bits per heavy atom. The van der Waals surface area contributed by atoms with Crippen LogP contribution in [-0.4, -0.2) is 12.7 Å². The van der Waals surface area contributed by atoms with Gasteiger partial charge in [-0.3, -0.25) is 0 Å². The van der Waals surface area contributed by atoms with Crippen LogP contribution in [0.2, 0.25) is 0 Å². The van der Waals surface area contributed by atoms with Crippen molar-refractivity contribution in [1.29, 1.82) is 0 Å². The van der Waals surface area contributed by atoms with E-state index in [2.05, 4.69) is 106 Å². The van der Waals surface area contributed by atoms with Gasteiger partial charge in [0.15, 0.2) is 0 Å². The van der Waals surface area contributed by atoms with E-state index in [4.69, 9.17) is 5.73 Å². The van der Waals surface area contributed by atoms with E-state index in [-0.39, 0.29) is 0 Å². The molecule has 0 aliphatic rings. The molecule has 3 aromatic carbocycles. The van der Waals surface area contributed by atoms with Crippen LogP contribution >= 0.6 is 20.8 Å². The van der Waals surface area contributed by atoms with Crippen molar-refractivity contribution in [3.63, 3.8) is 0 Å². The van der Waals surface area contributed by atoms with E-state index >= 15 is 0 Å². The van der Waals surface area contributed by atoms with Gasteiger partial charge in [0.2, 0.25) is 0 Å². The van der Waals surface area contributed by atoms with Crippen LogP contribution in [0.15, 0.2) is 91.0 Å². The first kappa shape index (κ1) is 24.2. The van der Waals surface area contributed by atoms with Crippen LogP contribution in [0.5, 0.6) is 0 Å². The van der Waals surface area contributed by atoms with Gasteiger partial charge in [0, 0.05) is 0 Å².